The van der Waals surface area contributed by atoms with Crippen molar-refractivity contribution in [2.45, 2.75) is 43.0 Å². The van der Waals surface area contributed by atoms with Crippen LogP contribution >= 0.6 is 23.1 Å². The van der Waals surface area contributed by atoms with E-state index in [1.54, 1.807) is 17.5 Å². The molecule has 0 aliphatic heterocycles. The summed E-state index contributed by atoms with van der Waals surface area (Å²) in [5.41, 5.74) is 0. The number of thiazole rings is 1. The van der Waals surface area contributed by atoms with Crippen molar-refractivity contribution in [1.29, 1.82) is 0 Å². The van der Waals surface area contributed by atoms with E-state index in [1.165, 1.54) is 37.4 Å². The van der Waals surface area contributed by atoms with Crippen molar-refractivity contribution in [3.63, 3.8) is 0 Å². The van der Waals surface area contributed by atoms with Crippen LogP contribution in [0.25, 0.3) is 0 Å². The molecule has 2 fully saturated rings. The van der Waals surface area contributed by atoms with Gasteiger partial charge in [0.25, 0.3) is 0 Å². The Bertz CT molecular complexity index is 435. The van der Waals surface area contributed by atoms with Gasteiger partial charge in [-0.1, -0.05) is 18.2 Å². The van der Waals surface area contributed by atoms with E-state index < -0.39 is 0 Å². The molecule has 0 unspecified atom stereocenters. The van der Waals surface area contributed by atoms with Gasteiger partial charge in [-0.05, 0) is 43.9 Å². The summed E-state index contributed by atoms with van der Waals surface area (Å²) in [5.74, 6) is 3.16. The van der Waals surface area contributed by atoms with E-state index >= 15 is 0 Å². The van der Waals surface area contributed by atoms with Crippen LogP contribution in [0.5, 0.6) is 0 Å². The second kappa shape index (κ2) is 5.83. The summed E-state index contributed by atoms with van der Waals surface area (Å²) in [4.78, 5) is 16.1. The molecule has 5 heteroatoms. The Hall–Kier alpha value is -0.550. The highest BCUT2D eigenvalue weighted by atomic mass is 32.2. The van der Waals surface area contributed by atoms with Gasteiger partial charge in [-0.2, -0.15) is 0 Å². The fourth-order valence-corrected chi connectivity index (χ4v) is 5.17. The Morgan fingerprint density at radius 1 is 1.58 bits per heavy atom. The van der Waals surface area contributed by atoms with Crippen LogP contribution in [0.3, 0.4) is 0 Å². The van der Waals surface area contributed by atoms with Crippen LogP contribution in [-0.2, 0) is 4.79 Å². The number of aromatic nitrogens is 1. The van der Waals surface area contributed by atoms with Gasteiger partial charge in [0.05, 0.1) is 5.75 Å². The number of rotatable bonds is 5. The lowest BCUT2D eigenvalue weighted by Gasteiger charge is -2.28. The maximum absolute atomic E-state index is 12.0. The fraction of sp³-hybridized carbons (Fsp3) is 0.714. The van der Waals surface area contributed by atoms with Gasteiger partial charge in [0.15, 0.2) is 0 Å². The Labute approximate surface area is 122 Å². The van der Waals surface area contributed by atoms with Gasteiger partial charge >= 0.3 is 0 Å². The highest BCUT2D eigenvalue weighted by molar-refractivity contribution is 8.01. The second-order valence-corrected chi connectivity index (χ2v) is 7.90. The number of fused-ring (bicyclic) bond motifs is 2. The lowest BCUT2D eigenvalue weighted by Crippen LogP contribution is -2.40. The molecule has 3 rings (SSSR count). The molecule has 1 amide bonds. The molecule has 1 aromatic heterocycles. The zero-order chi connectivity index (χ0) is 13.2. The molecule has 0 saturated heterocycles. The van der Waals surface area contributed by atoms with E-state index in [0.717, 1.165) is 16.2 Å². The Morgan fingerprint density at radius 3 is 3.11 bits per heavy atom. The molecule has 0 radical (unpaired) electrons. The molecular formula is C14H20N2OS2. The SMILES string of the molecule is C[C@H](NC(=O)CSc1nccs1)[C@@H]1C[C@H]2CC[C@H]1C2. The molecule has 104 valence electrons. The van der Waals surface area contributed by atoms with Gasteiger partial charge in [-0.3, -0.25) is 4.79 Å². The standard InChI is InChI=1S/C14H20N2OS2/c1-9(12-7-10-2-3-11(12)6-10)16-13(17)8-19-14-15-4-5-18-14/h4-5,9-12H,2-3,6-8H2,1H3,(H,16,17)/t9-,10-,11-,12-/m0/s1. The van der Waals surface area contributed by atoms with Crippen molar-refractivity contribution in [3.8, 4) is 0 Å². The fourth-order valence-electron chi connectivity index (χ4n) is 3.72. The maximum Gasteiger partial charge on any atom is 0.230 e. The van der Waals surface area contributed by atoms with Crippen LogP contribution < -0.4 is 5.32 Å². The van der Waals surface area contributed by atoms with Crippen molar-refractivity contribution in [2.75, 3.05) is 5.75 Å². The summed E-state index contributed by atoms with van der Waals surface area (Å²) in [6.45, 7) is 2.18. The van der Waals surface area contributed by atoms with Crippen LogP contribution in [0.15, 0.2) is 15.9 Å². The molecule has 1 heterocycles. The predicted octanol–water partition coefficient (Wildman–Crippen LogP) is 3.18. The number of hydrogen-bond donors (Lipinski definition) is 1. The lowest BCUT2D eigenvalue weighted by atomic mass is 9.84. The van der Waals surface area contributed by atoms with Crippen LogP contribution in [0.4, 0.5) is 0 Å². The quantitative estimate of drug-likeness (QED) is 0.849. The first-order chi connectivity index (χ1) is 9.22. The first-order valence-corrected chi connectivity index (χ1v) is 8.90. The number of nitrogens with zero attached hydrogens (tertiary/aromatic N) is 1. The zero-order valence-corrected chi connectivity index (χ0v) is 12.8. The minimum Gasteiger partial charge on any atom is -0.353 e. The van der Waals surface area contributed by atoms with Gasteiger partial charge in [0, 0.05) is 17.6 Å². The molecule has 1 aromatic rings. The number of carbonyl (C=O) groups is 1. The van der Waals surface area contributed by atoms with E-state index in [9.17, 15) is 4.79 Å². The van der Waals surface area contributed by atoms with E-state index in [2.05, 4.69) is 17.2 Å². The van der Waals surface area contributed by atoms with Crippen molar-refractivity contribution in [1.82, 2.24) is 10.3 Å². The third-order valence-corrected chi connectivity index (χ3v) is 6.53. The molecular weight excluding hydrogens is 276 g/mol. The molecule has 3 nitrogen and oxygen atoms in total. The van der Waals surface area contributed by atoms with Crippen LogP contribution in [0.2, 0.25) is 0 Å². The monoisotopic (exact) mass is 296 g/mol. The number of hydrogen-bond acceptors (Lipinski definition) is 4. The molecule has 19 heavy (non-hydrogen) atoms. The molecule has 0 aromatic carbocycles. The molecule has 4 atom stereocenters. The first-order valence-electron chi connectivity index (χ1n) is 7.04. The normalized spacial score (nSPS) is 30.5. The minimum atomic E-state index is 0.149. The summed E-state index contributed by atoms with van der Waals surface area (Å²) in [6.07, 6.45) is 7.30. The summed E-state index contributed by atoms with van der Waals surface area (Å²) in [5, 5.41) is 5.13. The second-order valence-electron chi connectivity index (χ2n) is 5.78. The number of nitrogens with one attached hydrogen (secondary N) is 1. The van der Waals surface area contributed by atoms with Gasteiger partial charge < -0.3 is 5.32 Å². The Kier molecular flexibility index (Phi) is 4.12. The number of amides is 1. The van der Waals surface area contributed by atoms with Gasteiger partial charge in [0.2, 0.25) is 5.91 Å². The summed E-state index contributed by atoms with van der Waals surface area (Å²) in [6, 6.07) is 0.333. The molecule has 1 N–H and O–H groups in total. The van der Waals surface area contributed by atoms with Crippen molar-refractivity contribution in [2.24, 2.45) is 17.8 Å². The molecule has 2 bridgehead atoms. The van der Waals surface area contributed by atoms with E-state index in [4.69, 9.17) is 0 Å². The lowest BCUT2D eigenvalue weighted by molar-refractivity contribution is -0.119. The number of carbonyl (C=O) groups excluding carboxylic acids is 1. The zero-order valence-electron chi connectivity index (χ0n) is 11.2. The summed E-state index contributed by atoms with van der Waals surface area (Å²) >= 11 is 3.12. The average molecular weight is 296 g/mol. The van der Waals surface area contributed by atoms with E-state index in [0.29, 0.717) is 17.7 Å². The molecule has 2 aliphatic rings. The Balaban J connectivity index is 1.44. The van der Waals surface area contributed by atoms with Crippen molar-refractivity contribution < 1.29 is 4.79 Å². The van der Waals surface area contributed by atoms with Crippen molar-refractivity contribution >= 4 is 29.0 Å². The molecule has 2 aliphatic carbocycles. The van der Waals surface area contributed by atoms with Crippen molar-refractivity contribution in [3.05, 3.63) is 11.6 Å². The summed E-state index contributed by atoms with van der Waals surface area (Å²) in [7, 11) is 0. The number of thioether (sulfide) groups is 1. The smallest absolute Gasteiger partial charge is 0.230 e. The van der Waals surface area contributed by atoms with Crippen LogP contribution in [-0.4, -0.2) is 22.7 Å². The van der Waals surface area contributed by atoms with Crippen LogP contribution in [0.1, 0.15) is 32.6 Å². The van der Waals surface area contributed by atoms with E-state index in [1.807, 2.05) is 5.38 Å². The van der Waals surface area contributed by atoms with Crippen LogP contribution in [0, 0.1) is 17.8 Å². The molecule has 2 saturated carbocycles. The Morgan fingerprint density at radius 2 is 2.47 bits per heavy atom. The highest BCUT2D eigenvalue weighted by Crippen LogP contribution is 2.49. The highest BCUT2D eigenvalue weighted by Gasteiger charge is 2.42. The predicted molar refractivity (Wildman–Crippen MR) is 79.4 cm³/mol. The van der Waals surface area contributed by atoms with Gasteiger partial charge in [-0.25, -0.2) is 4.98 Å². The minimum absolute atomic E-state index is 0.149. The first kappa shape index (κ1) is 13.4. The molecule has 0 spiro atoms. The third kappa shape index (κ3) is 3.14. The maximum atomic E-state index is 12.0. The topological polar surface area (TPSA) is 42.0 Å². The third-order valence-electron chi connectivity index (χ3n) is 4.56. The average Bonchev–Trinajstić information content (AvgIpc) is 3.13. The van der Waals surface area contributed by atoms with Gasteiger partial charge in [-0.15, -0.1) is 11.3 Å². The summed E-state index contributed by atoms with van der Waals surface area (Å²) < 4.78 is 0.975. The largest absolute Gasteiger partial charge is 0.353 e. The van der Waals surface area contributed by atoms with E-state index in [-0.39, 0.29) is 5.91 Å². The van der Waals surface area contributed by atoms with Gasteiger partial charge in [0.1, 0.15) is 4.34 Å².